The van der Waals surface area contributed by atoms with Crippen molar-refractivity contribution in [3.05, 3.63) is 82.1 Å². The Morgan fingerprint density at radius 2 is 2.04 bits per heavy atom. The SMILES string of the molecule is C1=CCc2c3c(ccc2=C1)=C1C=CC=CC1CC3.C1=NC=C2ON=CC12. The lowest BCUT2D eigenvalue weighted by atomic mass is 9.79. The van der Waals surface area contributed by atoms with Crippen LogP contribution in [0.3, 0.4) is 0 Å². The average molecular weight is 340 g/mol. The second-order valence-electron chi connectivity index (χ2n) is 7.00. The normalized spacial score (nSPS) is 25.2. The van der Waals surface area contributed by atoms with Gasteiger partial charge >= 0.3 is 0 Å². The van der Waals surface area contributed by atoms with Crippen molar-refractivity contribution >= 4 is 24.1 Å². The molecule has 0 bridgehead atoms. The molecule has 3 heteroatoms. The summed E-state index contributed by atoms with van der Waals surface area (Å²) in [6, 6.07) is 4.62. The van der Waals surface area contributed by atoms with E-state index in [-0.39, 0.29) is 5.92 Å². The van der Waals surface area contributed by atoms with Gasteiger partial charge in [-0.2, -0.15) is 0 Å². The minimum Gasteiger partial charge on any atom is -0.359 e. The summed E-state index contributed by atoms with van der Waals surface area (Å²) < 4.78 is 0. The molecule has 128 valence electrons. The Bertz CT molecular complexity index is 1050. The van der Waals surface area contributed by atoms with Crippen molar-refractivity contribution in [3.63, 3.8) is 0 Å². The fourth-order valence-corrected chi connectivity index (χ4v) is 4.17. The number of benzene rings is 1. The topological polar surface area (TPSA) is 34.0 Å². The van der Waals surface area contributed by atoms with Crippen molar-refractivity contribution in [1.82, 2.24) is 0 Å². The van der Waals surface area contributed by atoms with Gasteiger partial charge in [-0.25, -0.2) is 0 Å². The first-order valence-corrected chi connectivity index (χ1v) is 9.21. The molecule has 3 aliphatic carbocycles. The van der Waals surface area contributed by atoms with E-state index >= 15 is 0 Å². The van der Waals surface area contributed by atoms with Crippen LogP contribution in [0.1, 0.15) is 17.5 Å². The van der Waals surface area contributed by atoms with Crippen LogP contribution in [-0.4, -0.2) is 12.4 Å². The third-order valence-electron chi connectivity index (χ3n) is 5.50. The molecular weight excluding hydrogens is 320 g/mol. The van der Waals surface area contributed by atoms with Gasteiger partial charge in [-0.15, -0.1) is 0 Å². The summed E-state index contributed by atoms with van der Waals surface area (Å²) in [5.41, 5.74) is 4.68. The smallest absolute Gasteiger partial charge is 0.167 e. The van der Waals surface area contributed by atoms with E-state index in [1.54, 1.807) is 29.8 Å². The molecule has 26 heavy (non-hydrogen) atoms. The first kappa shape index (κ1) is 15.3. The summed E-state index contributed by atoms with van der Waals surface area (Å²) in [6.07, 6.45) is 24.5. The average Bonchev–Trinajstić information content (AvgIpc) is 3.33. The van der Waals surface area contributed by atoms with Gasteiger partial charge in [-0.05, 0) is 46.4 Å². The number of allylic oxidation sites excluding steroid dienone is 7. The molecule has 1 aromatic rings. The quantitative estimate of drug-likeness (QED) is 0.715. The van der Waals surface area contributed by atoms with Gasteiger partial charge in [0, 0.05) is 12.1 Å². The van der Waals surface area contributed by atoms with Crippen molar-refractivity contribution in [1.29, 1.82) is 0 Å². The summed E-state index contributed by atoms with van der Waals surface area (Å²) in [5.74, 6) is 1.71. The van der Waals surface area contributed by atoms with Crippen LogP contribution in [0.25, 0.3) is 11.6 Å². The maximum absolute atomic E-state index is 4.78. The number of hydrogen-bond acceptors (Lipinski definition) is 3. The largest absolute Gasteiger partial charge is 0.359 e. The van der Waals surface area contributed by atoms with Gasteiger partial charge in [0.15, 0.2) is 5.76 Å². The van der Waals surface area contributed by atoms with Crippen LogP contribution in [0, 0.1) is 11.8 Å². The van der Waals surface area contributed by atoms with Crippen LogP contribution in [0.15, 0.2) is 70.7 Å². The van der Waals surface area contributed by atoms with Crippen LogP contribution in [-0.2, 0) is 17.7 Å². The molecular formula is C23H20N2O. The Balaban J connectivity index is 0.000000156. The lowest BCUT2D eigenvalue weighted by Crippen LogP contribution is -2.29. The molecule has 0 aromatic heterocycles. The monoisotopic (exact) mass is 340 g/mol. The van der Waals surface area contributed by atoms with Crippen molar-refractivity contribution < 1.29 is 4.84 Å². The van der Waals surface area contributed by atoms with Crippen LogP contribution < -0.4 is 10.4 Å². The molecule has 0 saturated heterocycles. The third kappa shape index (κ3) is 2.60. The molecule has 5 aliphatic rings. The number of aliphatic imine (C=N–C) groups is 1. The minimum absolute atomic E-state index is 0.231. The van der Waals surface area contributed by atoms with Gasteiger partial charge < -0.3 is 4.84 Å². The molecule has 0 saturated carbocycles. The second-order valence-corrected chi connectivity index (χ2v) is 7.00. The molecule has 0 radical (unpaired) electrons. The van der Waals surface area contributed by atoms with Crippen molar-refractivity contribution in [2.24, 2.45) is 22.0 Å². The predicted octanol–water partition coefficient (Wildman–Crippen LogP) is 2.96. The number of rotatable bonds is 0. The first-order valence-electron chi connectivity index (χ1n) is 9.21. The molecule has 6 rings (SSSR count). The molecule has 0 amide bonds. The number of nitrogens with zero attached hydrogens (tertiary/aromatic N) is 2. The lowest BCUT2D eigenvalue weighted by Gasteiger charge is -2.25. The maximum Gasteiger partial charge on any atom is 0.167 e. The summed E-state index contributed by atoms with van der Waals surface area (Å²) in [4.78, 5) is 8.65. The fourth-order valence-electron chi connectivity index (χ4n) is 4.17. The minimum atomic E-state index is 0.231. The highest BCUT2D eigenvalue weighted by Crippen LogP contribution is 2.28. The van der Waals surface area contributed by atoms with E-state index in [0.717, 1.165) is 12.2 Å². The Morgan fingerprint density at radius 3 is 3.00 bits per heavy atom. The van der Waals surface area contributed by atoms with E-state index in [9.17, 15) is 0 Å². The van der Waals surface area contributed by atoms with Gasteiger partial charge in [-0.3, -0.25) is 4.99 Å². The summed E-state index contributed by atoms with van der Waals surface area (Å²) >= 11 is 0. The van der Waals surface area contributed by atoms with Crippen molar-refractivity contribution in [2.45, 2.75) is 19.3 Å². The van der Waals surface area contributed by atoms with E-state index in [1.165, 1.54) is 28.9 Å². The van der Waals surface area contributed by atoms with E-state index in [1.807, 2.05) is 0 Å². The predicted molar refractivity (Wildman–Crippen MR) is 106 cm³/mol. The molecule has 1 aromatic carbocycles. The van der Waals surface area contributed by atoms with E-state index in [2.05, 4.69) is 64.8 Å². The Morgan fingerprint density at radius 1 is 1.04 bits per heavy atom. The maximum atomic E-state index is 4.78. The highest BCUT2D eigenvalue weighted by molar-refractivity contribution is 5.89. The van der Waals surface area contributed by atoms with Gasteiger partial charge in [0.25, 0.3) is 0 Å². The van der Waals surface area contributed by atoms with E-state index < -0.39 is 0 Å². The first-order chi connectivity index (χ1) is 12.9. The van der Waals surface area contributed by atoms with Gasteiger partial charge in [0.2, 0.25) is 0 Å². The number of oxime groups is 1. The molecule has 2 atom stereocenters. The fraction of sp³-hybridized carbons (Fsp3) is 0.217. The second kappa shape index (κ2) is 6.41. The summed E-state index contributed by atoms with van der Waals surface area (Å²) in [7, 11) is 0. The Kier molecular flexibility index (Phi) is 3.78. The van der Waals surface area contributed by atoms with Crippen LogP contribution in [0.5, 0.6) is 0 Å². The summed E-state index contributed by atoms with van der Waals surface area (Å²) in [5, 5.41) is 6.50. The number of hydrogen-bond donors (Lipinski definition) is 0. The van der Waals surface area contributed by atoms with E-state index in [0.29, 0.717) is 5.92 Å². The van der Waals surface area contributed by atoms with Crippen molar-refractivity contribution in [2.75, 3.05) is 0 Å². The van der Waals surface area contributed by atoms with Gasteiger partial charge in [-0.1, -0.05) is 59.8 Å². The highest BCUT2D eigenvalue weighted by atomic mass is 16.6. The van der Waals surface area contributed by atoms with Crippen LogP contribution in [0.2, 0.25) is 0 Å². The zero-order chi connectivity index (χ0) is 17.3. The Hall–Kier alpha value is -2.94. The van der Waals surface area contributed by atoms with Crippen LogP contribution in [0.4, 0.5) is 0 Å². The third-order valence-corrected chi connectivity index (χ3v) is 5.50. The zero-order valence-electron chi connectivity index (χ0n) is 14.5. The van der Waals surface area contributed by atoms with E-state index in [4.69, 9.17) is 4.84 Å². The number of fused-ring (bicyclic) bond motifs is 5. The molecule has 2 aliphatic heterocycles. The highest BCUT2D eigenvalue weighted by Gasteiger charge is 2.21. The molecule has 0 N–H and O–H groups in total. The van der Waals surface area contributed by atoms with Gasteiger partial charge in [0.1, 0.15) is 0 Å². The molecule has 0 spiro atoms. The summed E-state index contributed by atoms with van der Waals surface area (Å²) in [6.45, 7) is 0. The van der Waals surface area contributed by atoms with Gasteiger partial charge in [0.05, 0.1) is 18.3 Å². The molecule has 0 fully saturated rings. The van der Waals surface area contributed by atoms with Crippen LogP contribution >= 0.6 is 0 Å². The molecule has 3 nitrogen and oxygen atoms in total. The lowest BCUT2D eigenvalue weighted by molar-refractivity contribution is 0.240. The Labute approximate surface area is 152 Å². The van der Waals surface area contributed by atoms with Crippen molar-refractivity contribution in [3.8, 4) is 0 Å². The molecule has 2 heterocycles. The molecule has 2 unspecified atom stereocenters. The standard InChI is InChI=1S/C18H16.C5H4N2O/c1-3-7-15-13(5-1)9-11-18-16-8-4-2-6-14(16)10-12-17(15)18;1-4-2-7-8-5(4)3-6-1/h1-7,10,12-13H,8-9,11H2;1-4H. The zero-order valence-corrected chi connectivity index (χ0v) is 14.5.